The highest BCUT2D eigenvalue weighted by atomic mass is 16.5. The standard InChI is InChI=1S/C16H24N2O2/c1-13-7-3-4-8-14(13)15-9-5-11-18(15)16(19)17-10-6-12-20-2/h3-4,7-8,15H,5-6,9-12H2,1-2H3,(H,17,19). The fourth-order valence-electron chi connectivity index (χ4n) is 2.81. The maximum atomic E-state index is 12.3. The molecule has 1 heterocycles. The van der Waals surface area contributed by atoms with Gasteiger partial charge in [-0.25, -0.2) is 4.79 Å². The SMILES string of the molecule is COCCCNC(=O)N1CCCC1c1ccccc1C. The molecule has 1 aliphatic rings. The summed E-state index contributed by atoms with van der Waals surface area (Å²) in [6.45, 7) is 4.31. The number of hydrogen-bond donors (Lipinski definition) is 1. The van der Waals surface area contributed by atoms with Gasteiger partial charge in [-0.2, -0.15) is 0 Å². The fourth-order valence-corrected chi connectivity index (χ4v) is 2.81. The summed E-state index contributed by atoms with van der Waals surface area (Å²) in [5, 5.41) is 2.99. The van der Waals surface area contributed by atoms with Gasteiger partial charge in [0.25, 0.3) is 0 Å². The average Bonchev–Trinajstić information content (AvgIpc) is 2.93. The topological polar surface area (TPSA) is 41.6 Å². The van der Waals surface area contributed by atoms with Crippen LogP contribution in [0, 0.1) is 6.92 Å². The molecule has 1 aliphatic heterocycles. The number of amides is 2. The molecular weight excluding hydrogens is 252 g/mol. The Morgan fingerprint density at radius 1 is 1.45 bits per heavy atom. The lowest BCUT2D eigenvalue weighted by molar-refractivity contribution is 0.182. The molecule has 20 heavy (non-hydrogen) atoms. The van der Waals surface area contributed by atoms with Crippen LogP contribution in [0.5, 0.6) is 0 Å². The van der Waals surface area contributed by atoms with Gasteiger partial charge in [0.15, 0.2) is 0 Å². The third kappa shape index (κ3) is 3.51. The third-order valence-electron chi connectivity index (χ3n) is 3.86. The van der Waals surface area contributed by atoms with E-state index in [0.29, 0.717) is 13.2 Å². The molecule has 0 aliphatic carbocycles. The van der Waals surface area contributed by atoms with E-state index in [1.165, 1.54) is 11.1 Å². The number of urea groups is 1. The van der Waals surface area contributed by atoms with Gasteiger partial charge in [0.05, 0.1) is 6.04 Å². The molecule has 1 saturated heterocycles. The van der Waals surface area contributed by atoms with Gasteiger partial charge in [0.1, 0.15) is 0 Å². The number of nitrogens with zero attached hydrogens (tertiary/aromatic N) is 1. The fraction of sp³-hybridized carbons (Fsp3) is 0.562. The van der Waals surface area contributed by atoms with E-state index in [1.54, 1.807) is 7.11 Å². The number of ether oxygens (including phenoxy) is 1. The molecule has 2 rings (SSSR count). The van der Waals surface area contributed by atoms with Crippen molar-refractivity contribution in [3.8, 4) is 0 Å². The Kier molecular flexibility index (Phi) is 5.41. The van der Waals surface area contributed by atoms with Gasteiger partial charge in [-0.3, -0.25) is 0 Å². The molecule has 0 radical (unpaired) electrons. The van der Waals surface area contributed by atoms with Gasteiger partial charge in [0, 0.05) is 26.8 Å². The lowest BCUT2D eigenvalue weighted by Crippen LogP contribution is -2.40. The van der Waals surface area contributed by atoms with Crippen molar-refractivity contribution in [2.45, 2.75) is 32.2 Å². The van der Waals surface area contributed by atoms with Crippen LogP contribution in [0.2, 0.25) is 0 Å². The summed E-state index contributed by atoms with van der Waals surface area (Å²) in [6.07, 6.45) is 2.98. The first-order chi connectivity index (χ1) is 9.74. The Morgan fingerprint density at radius 2 is 2.25 bits per heavy atom. The normalized spacial score (nSPS) is 18.3. The predicted molar refractivity (Wildman–Crippen MR) is 79.8 cm³/mol. The van der Waals surface area contributed by atoms with E-state index >= 15 is 0 Å². The molecule has 1 N–H and O–H groups in total. The van der Waals surface area contributed by atoms with E-state index in [2.05, 4.69) is 30.4 Å². The second-order valence-electron chi connectivity index (χ2n) is 5.29. The van der Waals surface area contributed by atoms with E-state index in [1.807, 2.05) is 11.0 Å². The smallest absolute Gasteiger partial charge is 0.317 e. The molecule has 1 aromatic carbocycles. The first-order valence-electron chi connectivity index (χ1n) is 7.33. The van der Waals surface area contributed by atoms with Gasteiger partial charge in [-0.1, -0.05) is 24.3 Å². The van der Waals surface area contributed by atoms with Crippen molar-refractivity contribution in [2.24, 2.45) is 0 Å². The minimum absolute atomic E-state index is 0.0480. The van der Waals surface area contributed by atoms with Crippen LogP contribution in [0.25, 0.3) is 0 Å². The van der Waals surface area contributed by atoms with Crippen LogP contribution in [-0.4, -0.2) is 37.7 Å². The third-order valence-corrected chi connectivity index (χ3v) is 3.86. The summed E-state index contributed by atoms with van der Waals surface area (Å²) in [5.74, 6) is 0. The summed E-state index contributed by atoms with van der Waals surface area (Å²) in [6, 6.07) is 8.61. The molecule has 0 spiro atoms. The minimum atomic E-state index is 0.0480. The molecular formula is C16H24N2O2. The van der Waals surface area contributed by atoms with Crippen LogP contribution in [0.15, 0.2) is 24.3 Å². The number of hydrogen-bond acceptors (Lipinski definition) is 2. The molecule has 1 aromatic rings. The van der Waals surface area contributed by atoms with Crippen LogP contribution in [0.4, 0.5) is 4.79 Å². The number of methoxy groups -OCH3 is 1. The maximum absolute atomic E-state index is 12.3. The highest BCUT2D eigenvalue weighted by molar-refractivity contribution is 5.75. The Hall–Kier alpha value is -1.55. The highest BCUT2D eigenvalue weighted by Crippen LogP contribution is 2.33. The second kappa shape index (κ2) is 7.29. The lowest BCUT2D eigenvalue weighted by Gasteiger charge is -2.26. The second-order valence-corrected chi connectivity index (χ2v) is 5.29. The molecule has 110 valence electrons. The van der Waals surface area contributed by atoms with Crippen LogP contribution in [-0.2, 0) is 4.74 Å². The molecule has 1 fully saturated rings. The van der Waals surface area contributed by atoms with Crippen molar-refractivity contribution in [1.82, 2.24) is 10.2 Å². The van der Waals surface area contributed by atoms with Gasteiger partial charge in [-0.05, 0) is 37.3 Å². The number of benzene rings is 1. The van der Waals surface area contributed by atoms with E-state index in [4.69, 9.17) is 4.74 Å². The first-order valence-corrected chi connectivity index (χ1v) is 7.33. The number of likely N-dealkylation sites (tertiary alicyclic amines) is 1. The molecule has 0 aromatic heterocycles. The number of rotatable bonds is 5. The van der Waals surface area contributed by atoms with Crippen LogP contribution < -0.4 is 5.32 Å². The van der Waals surface area contributed by atoms with Crippen molar-refractivity contribution < 1.29 is 9.53 Å². The Labute approximate surface area is 121 Å². The zero-order valence-corrected chi connectivity index (χ0v) is 12.4. The molecule has 2 amide bonds. The quantitative estimate of drug-likeness (QED) is 0.840. The largest absolute Gasteiger partial charge is 0.385 e. The lowest BCUT2D eigenvalue weighted by atomic mass is 9.99. The summed E-state index contributed by atoms with van der Waals surface area (Å²) in [7, 11) is 1.68. The van der Waals surface area contributed by atoms with Crippen molar-refractivity contribution in [3.05, 3.63) is 35.4 Å². The molecule has 1 atom stereocenters. The van der Waals surface area contributed by atoms with E-state index < -0.39 is 0 Å². The van der Waals surface area contributed by atoms with E-state index in [-0.39, 0.29) is 12.1 Å². The summed E-state index contributed by atoms with van der Waals surface area (Å²) in [4.78, 5) is 14.2. The molecule has 0 saturated carbocycles. The molecule has 0 bridgehead atoms. The zero-order chi connectivity index (χ0) is 14.4. The van der Waals surface area contributed by atoms with Crippen molar-refractivity contribution >= 4 is 6.03 Å². The minimum Gasteiger partial charge on any atom is -0.385 e. The van der Waals surface area contributed by atoms with E-state index in [9.17, 15) is 4.79 Å². The number of aryl methyl sites for hydroxylation is 1. The summed E-state index contributed by atoms with van der Waals surface area (Å²) in [5.41, 5.74) is 2.54. The van der Waals surface area contributed by atoms with Crippen molar-refractivity contribution in [3.63, 3.8) is 0 Å². The predicted octanol–water partition coefficient (Wildman–Crippen LogP) is 2.88. The van der Waals surface area contributed by atoms with Crippen molar-refractivity contribution in [1.29, 1.82) is 0 Å². The van der Waals surface area contributed by atoms with Gasteiger partial charge in [0.2, 0.25) is 0 Å². The zero-order valence-electron chi connectivity index (χ0n) is 12.4. The number of carbonyl (C=O) groups excluding carboxylic acids is 1. The van der Waals surface area contributed by atoms with Gasteiger partial charge < -0.3 is 15.0 Å². The molecule has 4 nitrogen and oxygen atoms in total. The molecule has 1 unspecified atom stereocenters. The van der Waals surface area contributed by atoms with Crippen molar-refractivity contribution in [2.75, 3.05) is 26.8 Å². The van der Waals surface area contributed by atoms with Crippen LogP contribution >= 0.6 is 0 Å². The Bertz CT molecular complexity index is 448. The Balaban J connectivity index is 1.97. The highest BCUT2D eigenvalue weighted by Gasteiger charge is 2.30. The van der Waals surface area contributed by atoms with Crippen LogP contribution in [0.1, 0.15) is 36.4 Å². The van der Waals surface area contributed by atoms with E-state index in [0.717, 1.165) is 25.8 Å². The van der Waals surface area contributed by atoms with Crippen LogP contribution in [0.3, 0.4) is 0 Å². The van der Waals surface area contributed by atoms with Gasteiger partial charge in [-0.15, -0.1) is 0 Å². The van der Waals surface area contributed by atoms with Gasteiger partial charge >= 0.3 is 6.03 Å². The summed E-state index contributed by atoms with van der Waals surface area (Å²) < 4.78 is 4.99. The molecule has 4 heteroatoms. The summed E-state index contributed by atoms with van der Waals surface area (Å²) >= 11 is 0. The first kappa shape index (κ1) is 14.9. The average molecular weight is 276 g/mol. The Morgan fingerprint density at radius 3 is 3.00 bits per heavy atom. The monoisotopic (exact) mass is 276 g/mol. The number of carbonyl (C=O) groups is 1. The number of nitrogens with one attached hydrogen (secondary N) is 1. The maximum Gasteiger partial charge on any atom is 0.317 e.